The molecule has 0 atom stereocenters. The molecular formula is C17H21N3O2. The van der Waals surface area contributed by atoms with Crippen molar-refractivity contribution in [3.05, 3.63) is 36.4 Å². The molecule has 0 bridgehead atoms. The van der Waals surface area contributed by atoms with Gasteiger partial charge in [-0.1, -0.05) is 6.58 Å². The predicted molar refractivity (Wildman–Crippen MR) is 89.6 cm³/mol. The number of hydrogen-bond donors (Lipinski definition) is 0. The summed E-state index contributed by atoms with van der Waals surface area (Å²) in [5.74, 6) is 0.775. The van der Waals surface area contributed by atoms with Crippen LogP contribution < -0.4 is 4.74 Å². The Morgan fingerprint density at radius 3 is 2.73 bits per heavy atom. The lowest BCUT2D eigenvalue weighted by molar-refractivity contribution is -0.127. The Bertz CT molecular complexity index is 588. The minimum absolute atomic E-state index is 0.0127. The topological polar surface area (TPSA) is 54.3 Å². The van der Waals surface area contributed by atoms with Crippen molar-refractivity contribution < 1.29 is 9.53 Å². The maximum Gasteiger partial charge on any atom is 0.245 e. The SMILES string of the molecule is C=CC(=O)N1CCC(Oc2ccc(N=C)c(/C=N\C)c2)CC1. The number of carbonyl (C=O) groups excluding carboxylic acids is 1. The fraction of sp³-hybridized carbons (Fsp3) is 0.353. The highest BCUT2D eigenvalue weighted by Gasteiger charge is 2.22. The van der Waals surface area contributed by atoms with Gasteiger partial charge in [0.2, 0.25) is 5.91 Å². The van der Waals surface area contributed by atoms with Gasteiger partial charge in [-0.15, -0.1) is 0 Å². The van der Waals surface area contributed by atoms with Crippen molar-refractivity contribution in [3.8, 4) is 5.75 Å². The van der Waals surface area contributed by atoms with Crippen molar-refractivity contribution in [2.24, 2.45) is 9.98 Å². The van der Waals surface area contributed by atoms with Crippen LogP contribution in [0.15, 0.2) is 40.8 Å². The van der Waals surface area contributed by atoms with Gasteiger partial charge in [0.15, 0.2) is 0 Å². The van der Waals surface area contributed by atoms with E-state index in [1.165, 1.54) is 6.08 Å². The lowest BCUT2D eigenvalue weighted by atomic mass is 10.1. The molecule has 2 rings (SSSR count). The fourth-order valence-electron chi connectivity index (χ4n) is 2.51. The van der Waals surface area contributed by atoms with E-state index in [0.717, 1.165) is 29.8 Å². The van der Waals surface area contributed by atoms with Gasteiger partial charge in [0.05, 0.1) is 5.69 Å². The first kappa shape index (κ1) is 15.9. The molecule has 0 N–H and O–H groups in total. The summed E-state index contributed by atoms with van der Waals surface area (Å²) in [6.45, 7) is 8.47. The Hall–Kier alpha value is -2.43. The van der Waals surface area contributed by atoms with Crippen LogP contribution in [0.4, 0.5) is 5.69 Å². The minimum atomic E-state index is -0.0127. The van der Waals surface area contributed by atoms with Crippen LogP contribution in [-0.4, -0.2) is 50.0 Å². The second kappa shape index (κ2) is 7.54. The number of ether oxygens (including phenoxy) is 1. The first-order valence-corrected chi connectivity index (χ1v) is 7.29. The van der Waals surface area contributed by atoms with E-state index in [9.17, 15) is 4.79 Å². The lowest BCUT2D eigenvalue weighted by Gasteiger charge is -2.31. The molecule has 1 heterocycles. The Morgan fingerprint density at radius 1 is 1.41 bits per heavy atom. The highest BCUT2D eigenvalue weighted by molar-refractivity contribution is 5.88. The molecule has 0 aromatic heterocycles. The number of amides is 1. The number of nitrogens with zero attached hydrogens (tertiary/aromatic N) is 3. The molecule has 1 amide bonds. The van der Waals surface area contributed by atoms with E-state index in [0.29, 0.717) is 13.1 Å². The zero-order chi connectivity index (χ0) is 15.9. The van der Waals surface area contributed by atoms with E-state index in [2.05, 4.69) is 23.3 Å². The molecule has 0 radical (unpaired) electrons. The van der Waals surface area contributed by atoms with E-state index in [1.807, 2.05) is 18.2 Å². The molecule has 0 saturated carbocycles. The summed E-state index contributed by atoms with van der Waals surface area (Å²) in [7, 11) is 1.72. The Balaban J connectivity index is 2.00. The number of carbonyl (C=O) groups is 1. The maximum absolute atomic E-state index is 11.6. The van der Waals surface area contributed by atoms with Gasteiger partial charge in [0.1, 0.15) is 11.9 Å². The van der Waals surface area contributed by atoms with Crippen LogP contribution >= 0.6 is 0 Å². The molecule has 1 fully saturated rings. The maximum atomic E-state index is 11.6. The number of rotatable bonds is 5. The summed E-state index contributed by atoms with van der Waals surface area (Å²) in [5.41, 5.74) is 1.67. The molecular weight excluding hydrogens is 278 g/mol. The smallest absolute Gasteiger partial charge is 0.245 e. The van der Waals surface area contributed by atoms with Crippen LogP contribution in [0.2, 0.25) is 0 Å². The van der Waals surface area contributed by atoms with Crippen molar-refractivity contribution in [1.29, 1.82) is 0 Å². The van der Waals surface area contributed by atoms with Crippen LogP contribution in [0.3, 0.4) is 0 Å². The highest BCUT2D eigenvalue weighted by Crippen LogP contribution is 2.25. The molecule has 5 heteroatoms. The summed E-state index contributed by atoms with van der Waals surface area (Å²) >= 11 is 0. The van der Waals surface area contributed by atoms with Gasteiger partial charge in [0.25, 0.3) is 0 Å². The molecule has 1 aromatic carbocycles. The van der Waals surface area contributed by atoms with Crippen molar-refractivity contribution >= 4 is 24.5 Å². The number of benzene rings is 1. The standard InChI is InChI=1S/C17H21N3O2/c1-4-17(21)20-9-7-14(8-10-20)22-15-5-6-16(19-3)13(11-15)12-18-2/h4-6,11-12,14H,1,3,7-10H2,2H3/b18-12-. The van der Waals surface area contributed by atoms with E-state index in [1.54, 1.807) is 18.2 Å². The van der Waals surface area contributed by atoms with Gasteiger partial charge >= 0.3 is 0 Å². The molecule has 0 unspecified atom stereocenters. The largest absolute Gasteiger partial charge is 0.490 e. The van der Waals surface area contributed by atoms with Crippen molar-refractivity contribution in [2.75, 3.05) is 20.1 Å². The van der Waals surface area contributed by atoms with Gasteiger partial charge in [-0.05, 0) is 31.0 Å². The monoisotopic (exact) mass is 299 g/mol. The van der Waals surface area contributed by atoms with E-state index >= 15 is 0 Å². The molecule has 1 aliphatic heterocycles. The minimum Gasteiger partial charge on any atom is -0.490 e. The van der Waals surface area contributed by atoms with Crippen molar-refractivity contribution in [3.63, 3.8) is 0 Å². The number of likely N-dealkylation sites (tertiary alicyclic amines) is 1. The first-order chi connectivity index (χ1) is 10.7. The van der Waals surface area contributed by atoms with Crippen LogP contribution in [0.25, 0.3) is 0 Å². The summed E-state index contributed by atoms with van der Waals surface area (Å²) < 4.78 is 6.02. The van der Waals surface area contributed by atoms with Gasteiger partial charge in [-0.2, -0.15) is 0 Å². The molecule has 1 aromatic rings. The third-order valence-corrected chi connectivity index (χ3v) is 3.67. The fourth-order valence-corrected chi connectivity index (χ4v) is 2.51. The van der Waals surface area contributed by atoms with E-state index < -0.39 is 0 Å². The lowest BCUT2D eigenvalue weighted by Crippen LogP contribution is -2.41. The van der Waals surface area contributed by atoms with Crippen molar-refractivity contribution in [1.82, 2.24) is 4.90 Å². The summed E-state index contributed by atoms with van der Waals surface area (Å²) in [6.07, 6.45) is 4.85. The average Bonchev–Trinajstić information content (AvgIpc) is 2.55. The highest BCUT2D eigenvalue weighted by atomic mass is 16.5. The van der Waals surface area contributed by atoms with Gasteiger partial charge in [-0.3, -0.25) is 14.8 Å². The summed E-state index contributed by atoms with van der Waals surface area (Å²) in [4.78, 5) is 21.3. The van der Waals surface area contributed by atoms with Crippen LogP contribution in [0.5, 0.6) is 5.75 Å². The molecule has 5 nitrogen and oxygen atoms in total. The van der Waals surface area contributed by atoms with Crippen molar-refractivity contribution in [2.45, 2.75) is 18.9 Å². The molecule has 116 valence electrons. The Kier molecular flexibility index (Phi) is 5.47. The summed E-state index contributed by atoms with van der Waals surface area (Å²) in [5, 5.41) is 0. The number of aliphatic imine (C=N–C) groups is 2. The normalized spacial score (nSPS) is 15.8. The zero-order valence-corrected chi connectivity index (χ0v) is 12.9. The second-order valence-electron chi connectivity index (χ2n) is 5.11. The van der Waals surface area contributed by atoms with Crippen LogP contribution in [-0.2, 0) is 4.79 Å². The number of piperidine rings is 1. The Labute approximate surface area is 131 Å². The number of hydrogen-bond acceptors (Lipinski definition) is 4. The third kappa shape index (κ3) is 3.81. The second-order valence-corrected chi connectivity index (χ2v) is 5.11. The predicted octanol–water partition coefficient (Wildman–Crippen LogP) is 2.62. The molecule has 1 aliphatic rings. The molecule has 1 saturated heterocycles. The molecule has 22 heavy (non-hydrogen) atoms. The third-order valence-electron chi connectivity index (χ3n) is 3.67. The first-order valence-electron chi connectivity index (χ1n) is 7.29. The van der Waals surface area contributed by atoms with Gasteiger partial charge < -0.3 is 9.64 Å². The average molecular weight is 299 g/mol. The van der Waals surface area contributed by atoms with Gasteiger partial charge in [0, 0.05) is 44.8 Å². The molecule has 0 aliphatic carbocycles. The van der Waals surface area contributed by atoms with Crippen LogP contribution in [0.1, 0.15) is 18.4 Å². The van der Waals surface area contributed by atoms with Gasteiger partial charge in [-0.25, -0.2) is 0 Å². The molecule has 0 spiro atoms. The zero-order valence-electron chi connectivity index (χ0n) is 12.9. The van der Waals surface area contributed by atoms with E-state index in [4.69, 9.17) is 4.74 Å². The summed E-state index contributed by atoms with van der Waals surface area (Å²) in [6, 6.07) is 5.67. The van der Waals surface area contributed by atoms with Crippen LogP contribution in [0, 0.1) is 0 Å². The Morgan fingerprint density at radius 2 is 2.14 bits per heavy atom. The quantitative estimate of drug-likeness (QED) is 0.620. The van der Waals surface area contributed by atoms with E-state index in [-0.39, 0.29) is 12.0 Å².